The minimum absolute atomic E-state index is 0.324. The Balaban J connectivity index is 2.75. The second-order valence-corrected chi connectivity index (χ2v) is 6.97. The molecule has 0 spiro atoms. The number of nitrogens with one attached hydrogen (secondary N) is 1. The standard InChI is InChI=1S/C14H22ClNO2S/c1-4-5-6-7-8-16-19(17,18)14-10-11(2)13(15)9-12(14)3/h9-10,16H,4-8H2,1-3H3. The van der Waals surface area contributed by atoms with E-state index >= 15 is 0 Å². The lowest BCUT2D eigenvalue weighted by Gasteiger charge is -2.11. The molecule has 0 aromatic heterocycles. The number of sulfonamides is 1. The van der Waals surface area contributed by atoms with Gasteiger partial charge < -0.3 is 0 Å². The van der Waals surface area contributed by atoms with Gasteiger partial charge >= 0.3 is 0 Å². The summed E-state index contributed by atoms with van der Waals surface area (Å²) < 4.78 is 27.0. The summed E-state index contributed by atoms with van der Waals surface area (Å²) in [5.41, 5.74) is 1.45. The maximum absolute atomic E-state index is 12.2. The first kappa shape index (κ1) is 16.5. The molecular weight excluding hydrogens is 282 g/mol. The molecule has 0 saturated carbocycles. The van der Waals surface area contributed by atoms with Crippen LogP contribution in [0.3, 0.4) is 0 Å². The second kappa shape index (κ2) is 7.27. The quantitative estimate of drug-likeness (QED) is 0.778. The number of aryl methyl sites for hydroxylation is 2. The van der Waals surface area contributed by atoms with E-state index in [4.69, 9.17) is 11.6 Å². The van der Waals surface area contributed by atoms with Crippen molar-refractivity contribution in [1.82, 2.24) is 4.72 Å². The molecule has 0 amide bonds. The SMILES string of the molecule is CCCCCCNS(=O)(=O)c1cc(C)c(Cl)cc1C. The Morgan fingerprint density at radius 1 is 1.11 bits per heavy atom. The van der Waals surface area contributed by atoms with Gasteiger partial charge in [-0.1, -0.05) is 37.8 Å². The smallest absolute Gasteiger partial charge is 0.211 e. The van der Waals surface area contributed by atoms with Crippen LogP contribution in [0.5, 0.6) is 0 Å². The highest BCUT2D eigenvalue weighted by molar-refractivity contribution is 7.89. The van der Waals surface area contributed by atoms with Crippen LogP contribution in [0.1, 0.15) is 43.7 Å². The summed E-state index contributed by atoms with van der Waals surface area (Å²) in [6.45, 7) is 6.19. The van der Waals surface area contributed by atoms with Crippen molar-refractivity contribution >= 4 is 21.6 Å². The highest BCUT2D eigenvalue weighted by Crippen LogP contribution is 2.23. The third-order valence-electron chi connectivity index (χ3n) is 3.07. The molecule has 1 aromatic carbocycles. The number of rotatable bonds is 7. The summed E-state index contributed by atoms with van der Waals surface area (Å²) in [5.74, 6) is 0. The molecule has 0 heterocycles. The van der Waals surface area contributed by atoms with Crippen molar-refractivity contribution in [2.45, 2.75) is 51.3 Å². The first-order valence-corrected chi connectivity index (χ1v) is 8.51. The summed E-state index contributed by atoms with van der Waals surface area (Å²) in [6.07, 6.45) is 4.21. The fourth-order valence-corrected chi connectivity index (χ4v) is 3.48. The first-order valence-electron chi connectivity index (χ1n) is 6.65. The summed E-state index contributed by atoms with van der Waals surface area (Å²) in [4.78, 5) is 0.324. The maximum atomic E-state index is 12.2. The third kappa shape index (κ3) is 4.79. The van der Waals surface area contributed by atoms with Crippen LogP contribution in [-0.2, 0) is 10.0 Å². The van der Waals surface area contributed by atoms with E-state index in [0.717, 1.165) is 31.2 Å². The second-order valence-electron chi connectivity index (χ2n) is 4.83. The molecule has 0 radical (unpaired) electrons. The molecule has 19 heavy (non-hydrogen) atoms. The molecule has 1 N–H and O–H groups in total. The zero-order valence-electron chi connectivity index (χ0n) is 11.8. The number of hydrogen-bond donors (Lipinski definition) is 1. The number of unbranched alkanes of at least 4 members (excludes halogenated alkanes) is 3. The summed E-state index contributed by atoms with van der Waals surface area (Å²) in [6, 6.07) is 3.33. The molecule has 0 aliphatic rings. The molecule has 3 nitrogen and oxygen atoms in total. The van der Waals surface area contributed by atoms with E-state index in [-0.39, 0.29) is 0 Å². The molecule has 5 heteroatoms. The topological polar surface area (TPSA) is 46.2 Å². The average Bonchev–Trinajstić information content (AvgIpc) is 2.33. The molecule has 1 aromatic rings. The van der Waals surface area contributed by atoms with Crippen LogP contribution in [0, 0.1) is 13.8 Å². The molecule has 0 saturated heterocycles. The van der Waals surface area contributed by atoms with Crippen LogP contribution in [0.15, 0.2) is 17.0 Å². The van der Waals surface area contributed by atoms with E-state index in [1.165, 1.54) is 0 Å². The van der Waals surface area contributed by atoms with E-state index in [1.54, 1.807) is 19.1 Å². The summed E-state index contributed by atoms with van der Waals surface area (Å²) in [5, 5.41) is 0.597. The third-order valence-corrected chi connectivity index (χ3v) is 5.08. The van der Waals surface area contributed by atoms with E-state index < -0.39 is 10.0 Å². The van der Waals surface area contributed by atoms with Crippen molar-refractivity contribution in [2.75, 3.05) is 6.54 Å². The van der Waals surface area contributed by atoms with Crippen LogP contribution in [0.4, 0.5) is 0 Å². The fourth-order valence-electron chi connectivity index (χ4n) is 1.88. The van der Waals surface area contributed by atoms with Gasteiger partial charge in [0.25, 0.3) is 0 Å². The van der Waals surface area contributed by atoms with Gasteiger partial charge in [0.05, 0.1) is 4.90 Å². The van der Waals surface area contributed by atoms with E-state index in [2.05, 4.69) is 11.6 Å². The van der Waals surface area contributed by atoms with E-state index in [1.807, 2.05) is 6.92 Å². The van der Waals surface area contributed by atoms with E-state index in [0.29, 0.717) is 22.0 Å². The van der Waals surface area contributed by atoms with Crippen LogP contribution in [0.25, 0.3) is 0 Å². The van der Waals surface area contributed by atoms with Gasteiger partial charge in [-0.3, -0.25) is 0 Å². The van der Waals surface area contributed by atoms with Crippen LogP contribution in [0.2, 0.25) is 5.02 Å². The van der Waals surface area contributed by atoms with Gasteiger partial charge in [-0.15, -0.1) is 0 Å². The first-order chi connectivity index (χ1) is 8.88. The van der Waals surface area contributed by atoms with Crippen LogP contribution in [-0.4, -0.2) is 15.0 Å². The summed E-state index contributed by atoms with van der Waals surface area (Å²) in [7, 11) is -3.43. The van der Waals surface area contributed by atoms with E-state index in [9.17, 15) is 8.42 Å². The minimum Gasteiger partial charge on any atom is -0.211 e. The Morgan fingerprint density at radius 2 is 1.79 bits per heavy atom. The molecule has 0 unspecified atom stereocenters. The largest absolute Gasteiger partial charge is 0.240 e. The Morgan fingerprint density at radius 3 is 2.42 bits per heavy atom. The monoisotopic (exact) mass is 303 g/mol. The van der Waals surface area contributed by atoms with Gasteiger partial charge in [0.15, 0.2) is 0 Å². The van der Waals surface area contributed by atoms with Crippen molar-refractivity contribution in [1.29, 1.82) is 0 Å². The van der Waals surface area contributed by atoms with Crippen molar-refractivity contribution in [2.24, 2.45) is 0 Å². The predicted molar refractivity (Wildman–Crippen MR) is 80.3 cm³/mol. The molecule has 1 rings (SSSR count). The van der Waals surface area contributed by atoms with Crippen LogP contribution >= 0.6 is 11.6 Å². The Bertz CT molecular complexity index is 526. The number of hydrogen-bond acceptors (Lipinski definition) is 2. The summed E-state index contributed by atoms with van der Waals surface area (Å²) >= 11 is 5.98. The van der Waals surface area contributed by atoms with Gasteiger partial charge in [0, 0.05) is 11.6 Å². The lowest BCUT2D eigenvalue weighted by atomic mass is 10.2. The lowest BCUT2D eigenvalue weighted by molar-refractivity contribution is 0.573. The number of benzene rings is 1. The predicted octanol–water partition coefficient (Wildman–Crippen LogP) is 3.82. The Hall–Kier alpha value is -0.580. The number of halogens is 1. The van der Waals surface area contributed by atoms with Gasteiger partial charge in [-0.2, -0.15) is 0 Å². The molecule has 108 valence electrons. The van der Waals surface area contributed by atoms with Gasteiger partial charge in [0.1, 0.15) is 0 Å². The fraction of sp³-hybridized carbons (Fsp3) is 0.571. The lowest BCUT2D eigenvalue weighted by Crippen LogP contribution is -2.25. The zero-order valence-corrected chi connectivity index (χ0v) is 13.4. The van der Waals surface area contributed by atoms with Gasteiger partial charge in [0.2, 0.25) is 10.0 Å². The zero-order chi connectivity index (χ0) is 14.5. The molecule has 0 aliphatic heterocycles. The van der Waals surface area contributed by atoms with Gasteiger partial charge in [-0.05, 0) is 43.5 Å². The van der Waals surface area contributed by atoms with Crippen molar-refractivity contribution < 1.29 is 8.42 Å². The minimum atomic E-state index is -3.43. The molecular formula is C14H22ClNO2S. The Labute approximate surface area is 121 Å². The van der Waals surface area contributed by atoms with Crippen LogP contribution < -0.4 is 4.72 Å². The van der Waals surface area contributed by atoms with Gasteiger partial charge in [-0.25, -0.2) is 13.1 Å². The highest BCUT2D eigenvalue weighted by atomic mass is 35.5. The normalized spacial score (nSPS) is 11.8. The molecule has 0 aliphatic carbocycles. The average molecular weight is 304 g/mol. The maximum Gasteiger partial charge on any atom is 0.240 e. The molecule has 0 atom stereocenters. The highest BCUT2D eigenvalue weighted by Gasteiger charge is 2.17. The van der Waals surface area contributed by atoms with Crippen molar-refractivity contribution in [3.8, 4) is 0 Å². The Kier molecular flexibility index (Phi) is 6.30. The molecule has 0 fully saturated rings. The molecule has 0 bridgehead atoms. The van der Waals surface area contributed by atoms with Crippen molar-refractivity contribution in [3.63, 3.8) is 0 Å². The van der Waals surface area contributed by atoms with Crippen molar-refractivity contribution in [3.05, 3.63) is 28.3 Å².